The summed E-state index contributed by atoms with van der Waals surface area (Å²) in [5.74, 6) is 1.43. The number of thioether (sulfide) groups is 1. The predicted molar refractivity (Wildman–Crippen MR) is 81.0 cm³/mol. The van der Waals surface area contributed by atoms with E-state index >= 15 is 0 Å². The van der Waals surface area contributed by atoms with Gasteiger partial charge in [-0.05, 0) is 30.6 Å². The molecule has 1 amide bonds. The van der Waals surface area contributed by atoms with Gasteiger partial charge in [0.25, 0.3) is 0 Å². The Labute approximate surface area is 121 Å². The Hall–Kier alpha value is -1.86. The van der Waals surface area contributed by atoms with E-state index in [1.54, 1.807) is 47.3 Å². The van der Waals surface area contributed by atoms with Gasteiger partial charge in [0.2, 0.25) is 5.91 Å². The molecule has 2 aromatic heterocycles. The molecular formula is C13H17N5OS. The highest BCUT2D eigenvalue weighted by Gasteiger charge is 2.13. The lowest BCUT2D eigenvalue weighted by Crippen LogP contribution is -2.36. The second-order valence-corrected chi connectivity index (χ2v) is 5.24. The van der Waals surface area contributed by atoms with Crippen molar-refractivity contribution in [2.45, 2.75) is 12.5 Å². The number of nitrogens with one attached hydrogen (secondary N) is 1. The van der Waals surface area contributed by atoms with Crippen molar-refractivity contribution >= 4 is 23.4 Å². The molecule has 0 aromatic carbocycles. The molecule has 106 valence electrons. The molecule has 0 unspecified atom stereocenters. The van der Waals surface area contributed by atoms with Gasteiger partial charge in [0.05, 0.1) is 17.9 Å². The summed E-state index contributed by atoms with van der Waals surface area (Å²) in [5.41, 5.74) is 6.44. The number of nitrogens with zero attached hydrogens (tertiary/aromatic N) is 3. The van der Waals surface area contributed by atoms with Crippen molar-refractivity contribution in [3.05, 3.63) is 37.1 Å². The summed E-state index contributed by atoms with van der Waals surface area (Å²) in [7, 11) is 0. The number of rotatable bonds is 6. The Morgan fingerprint density at radius 2 is 2.40 bits per heavy atom. The third-order valence-electron chi connectivity index (χ3n) is 2.75. The SMILES string of the molecule is CSCC[C@H](N)C(=O)Nc1ccc(-n2ccnc2)nc1. The van der Waals surface area contributed by atoms with Gasteiger partial charge in [0, 0.05) is 12.4 Å². The quantitative estimate of drug-likeness (QED) is 0.837. The molecule has 1 atom stereocenters. The summed E-state index contributed by atoms with van der Waals surface area (Å²) < 4.78 is 1.79. The number of aromatic nitrogens is 3. The number of anilines is 1. The average Bonchev–Trinajstić information content (AvgIpc) is 2.99. The molecule has 0 saturated carbocycles. The minimum atomic E-state index is -0.490. The summed E-state index contributed by atoms with van der Waals surface area (Å²) in [6.45, 7) is 0. The van der Waals surface area contributed by atoms with E-state index in [1.807, 2.05) is 12.3 Å². The van der Waals surface area contributed by atoms with Crippen LogP contribution in [0, 0.1) is 0 Å². The molecule has 0 aliphatic carbocycles. The number of hydrogen-bond donors (Lipinski definition) is 2. The topological polar surface area (TPSA) is 85.8 Å². The van der Waals surface area contributed by atoms with Gasteiger partial charge in [0.15, 0.2) is 0 Å². The van der Waals surface area contributed by atoms with E-state index in [1.165, 1.54) is 0 Å². The normalized spacial score (nSPS) is 12.1. The minimum absolute atomic E-state index is 0.184. The number of hydrogen-bond acceptors (Lipinski definition) is 5. The molecule has 0 radical (unpaired) electrons. The third kappa shape index (κ3) is 3.82. The van der Waals surface area contributed by atoms with Crippen LogP contribution < -0.4 is 11.1 Å². The lowest BCUT2D eigenvalue weighted by Gasteiger charge is -2.11. The lowest BCUT2D eigenvalue weighted by atomic mass is 10.2. The van der Waals surface area contributed by atoms with Gasteiger partial charge in [-0.1, -0.05) is 0 Å². The van der Waals surface area contributed by atoms with Crippen LogP contribution in [0.3, 0.4) is 0 Å². The van der Waals surface area contributed by atoms with E-state index in [9.17, 15) is 4.79 Å². The van der Waals surface area contributed by atoms with Crippen LogP contribution in [0.1, 0.15) is 6.42 Å². The summed E-state index contributed by atoms with van der Waals surface area (Å²) in [6.07, 6.45) is 9.41. The van der Waals surface area contributed by atoms with Crippen LogP contribution in [0.2, 0.25) is 0 Å². The van der Waals surface area contributed by atoms with Crippen molar-refractivity contribution in [1.29, 1.82) is 0 Å². The summed E-state index contributed by atoms with van der Waals surface area (Å²) in [5, 5.41) is 2.76. The first kappa shape index (κ1) is 14.5. The Kier molecular flexibility index (Phi) is 5.14. The Bertz CT molecular complexity index is 540. The molecule has 0 saturated heterocycles. The Morgan fingerprint density at radius 1 is 1.55 bits per heavy atom. The lowest BCUT2D eigenvalue weighted by molar-refractivity contribution is -0.117. The van der Waals surface area contributed by atoms with Gasteiger partial charge in [-0.15, -0.1) is 0 Å². The largest absolute Gasteiger partial charge is 0.323 e. The van der Waals surface area contributed by atoms with Crippen LogP contribution >= 0.6 is 11.8 Å². The number of imidazole rings is 1. The average molecular weight is 291 g/mol. The molecule has 3 N–H and O–H groups in total. The van der Waals surface area contributed by atoms with E-state index in [-0.39, 0.29) is 5.91 Å². The fourth-order valence-electron chi connectivity index (χ4n) is 1.62. The van der Waals surface area contributed by atoms with Crippen LogP contribution in [0.4, 0.5) is 5.69 Å². The highest BCUT2D eigenvalue weighted by Crippen LogP contribution is 2.10. The number of carbonyl (C=O) groups is 1. The predicted octanol–water partition coefficient (Wildman–Crippen LogP) is 1.29. The summed E-state index contributed by atoms with van der Waals surface area (Å²) in [4.78, 5) is 20.1. The zero-order chi connectivity index (χ0) is 14.4. The second-order valence-electron chi connectivity index (χ2n) is 4.25. The van der Waals surface area contributed by atoms with Crippen molar-refractivity contribution in [2.24, 2.45) is 5.73 Å². The smallest absolute Gasteiger partial charge is 0.241 e. The van der Waals surface area contributed by atoms with Crippen LogP contribution in [0.25, 0.3) is 5.82 Å². The number of pyridine rings is 1. The summed E-state index contributed by atoms with van der Waals surface area (Å²) in [6, 6.07) is 3.11. The van der Waals surface area contributed by atoms with E-state index in [0.717, 1.165) is 11.6 Å². The molecule has 0 bridgehead atoms. The van der Waals surface area contributed by atoms with Gasteiger partial charge in [0.1, 0.15) is 12.1 Å². The standard InChI is InChI=1S/C13H17N5OS/c1-20-7-4-11(14)13(19)17-10-2-3-12(16-8-10)18-6-5-15-9-18/h2-3,5-6,8-9,11H,4,7,14H2,1H3,(H,17,19)/t11-/m0/s1. The Morgan fingerprint density at radius 3 is 3.00 bits per heavy atom. The zero-order valence-corrected chi connectivity index (χ0v) is 12.0. The molecule has 7 heteroatoms. The number of nitrogens with two attached hydrogens (primary N) is 1. The molecule has 0 aliphatic rings. The maximum absolute atomic E-state index is 11.8. The maximum atomic E-state index is 11.8. The van der Waals surface area contributed by atoms with Gasteiger partial charge in [-0.3, -0.25) is 9.36 Å². The van der Waals surface area contributed by atoms with Crippen molar-refractivity contribution in [2.75, 3.05) is 17.3 Å². The number of amides is 1. The van der Waals surface area contributed by atoms with Gasteiger partial charge in [-0.2, -0.15) is 11.8 Å². The fraction of sp³-hybridized carbons (Fsp3) is 0.308. The van der Waals surface area contributed by atoms with Crippen molar-refractivity contribution in [3.8, 4) is 5.82 Å². The molecule has 6 nitrogen and oxygen atoms in total. The Balaban J connectivity index is 1.95. The molecule has 2 aromatic rings. The maximum Gasteiger partial charge on any atom is 0.241 e. The van der Waals surface area contributed by atoms with Gasteiger partial charge >= 0.3 is 0 Å². The van der Waals surface area contributed by atoms with E-state index in [0.29, 0.717) is 12.1 Å². The van der Waals surface area contributed by atoms with E-state index in [4.69, 9.17) is 5.73 Å². The third-order valence-corrected chi connectivity index (χ3v) is 3.40. The van der Waals surface area contributed by atoms with Crippen molar-refractivity contribution < 1.29 is 4.79 Å². The van der Waals surface area contributed by atoms with Crippen molar-refractivity contribution in [1.82, 2.24) is 14.5 Å². The van der Waals surface area contributed by atoms with Gasteiger partial charge < -0.3 is 11.1 Å². The molecule has 2 heterocycles. The fourth-order valence-corrected chi connectivity index (χ4v) is 2.11. The zero-order valence-electron chi connectivity index (χ0n) is 11.2. The van der Waals surface area contributed by atoms with E-state index < -0.39 is 6.04 Å². The minimum Gasteiger partial charge on any atom is -0.323 e. The first-order valence-corrected chi connectivity index (χ1v) is 7.60. The summed E-state index contributed by atoms with van der Waals surface area (Å²) >= 11 is 1.67. The first-order chi connectivity index (χ1) is 9.70. The van der Waals surface area contributed by atoms with Crippen LogP contribution in [0.5, 0.6) is 0 Å². The van der Waals surface area contributed by atoms with E-state index in [2.05, 4.69) is 15.3 Å². The second kappa shape index (κ2) is 7.06. The molecule has 0 aliphatic heterocycles. The number of carbonyl (C=O) groups excluding carboxylic acids is 1. The van der Waals surface area contributed by atoms with Crippen LogP contribution in [-0.2, 0) is 4.79 Å². The first-order valence-electron chi connectivity index (χ1n) is 6.20. The highest BCUT2D eigenvalue weighted by molar-refractivity contribution is 7.98. The van der Waals surface area contributed by atoms with Crippen LogP contribution in [0.15, 0.2) is 37.1 Å². The monoisotopic (exact) mass is 291 g/mol. The highest BCUT2D eigenvalue weighted by atomic mass is 32.2. The van der Waals surface area contributed by atoms with Crippen LogP contribution in [-0.4, -0.2) is 38.5 Å². The molecule has 20 heavy (non-hydrogen) atoms. The van der Waals surface area contributed by atoms with Crippen molar-refractivity contribution in [3.63, 3.8) is 0 Å². The molecule has 2 rings (SSSR count). The molecule has 0 fully saturated rings. The molecular weight excluding hydrogens is 274 g/mol. The van der Waals surface area contributed by atoms with Gasteiger partial charge in [-0.25, -0.2) is 9.97 Å². The molecule has 0 spiro atoms.